The lowest BCUT2D eigenvalue weighted by molar-refractivity contribution is -0.118. The van der Waals surface area contributed by atoms with Gasteiger partial charge in [-0.1, -0.05) is 30.0 Å². The highest BCUT2D eigenvalue weighted by Crippen LogP contribution is 2.28. The molecule has 140 valence electrons. The van der Waals surface area contributed by atoms with Gasteiger partial charge in [0.05, 0.1) is 16.0 Å². The summed E-state index contributed by atoms with van der Waals surface area (Å²) in [6, 6.07) is 12.2. The Hall–Kier alpha value is -2.45. The van der Waals surface area contributed by atoms with Crippen molar-refractivity contribution in [1.29, 1.82) is 0 Å². The summed E-state index contributed by atoms with van der Waals surface area (Å²) in [5.74, 6) is -0.651. The molecular formula is C19H18FN3O2S2. The molecule has 0 fully saturated rings. The summed E-state index contributed by atoms with van der Waals surface area (Å²) in [5.41, 5.74) is 1.68. The highest BCUT2D eigenvalue weighted by molar-refractivity contribution is 8.01. The summed E-state index contributed by atoms with van der Waals surface area (Å²) in [4.78, 5) is 28.3. The molecule has 1 heterocycles. The molecule has 2 amide bonds. The third-order valence-corrected chi connectivity index (χ3v) is 5.95. The van der Waals surface area contributed by atoms with Crippen LogP contribution in [0, 0.1) is 12.7 Å². The zero-order valence-electron chi connectivity index (χ0n) is 14.6. The number of para-hydroxylation sites is 1. The van der Waals surface area contributed by atoms with E-state index in [1.54, 1.807) is 30.4 Å². The lowest BCUT2D eigenvalue weighted by atomic mass is 10.1. The zero-order valence-corrected chi connectivity index (χ0v) is 16.3. The van der Waals surface area contributed by atoms with E-state index in [-0.39, 0.29) is 29.7 Å². The number of thioether (sulfide) groups is 1. The van der Waals surface area contributed by atoms with Crippen molar-refractivity contribution < 1.29 is 14.0 Å². The van der Waals surface area contributed by atoms with Gasteiger partial charge in [-0.25, -0.2) is 9.37 Å². The van der Waals surface area contributed by atoms with Crippen LogP contribution in [0.3, 0.4) is 0 Å². The number of aromatic nitrogens is 1. The first-order valence-corrected chi connectivity index (χ1v) is 10.1. The van der Waals surface area contributed by atoms with Crippen molar-refractivity contribution in [3.05, 3.63) is 59.4 Å². The van der Waals surface area contributed by atoms with Gasteiger partial charge in [-0.2, -0.15) is 0 Å². The number of nitrogens with zero attached hydrogens (tertiary/aromatic N) is 1. The van der Waals surface area contributed by atoms with Crippen LogP contribution in [-0.2, 0) is 4.79 Å². The fraction of sp³-hybridized carbons (Fsp3) is 0.211. The predicted octanol–water partition coefficient (Wildman–Crippen LogP) is 3.38. The first-order chi connectivity index (χ1) is 13.0. The fourth-order valence-electron chi connectivity index (χ4n) is 2.31. The number of amides is 2. The van der Waals surface area contributed by atoms with Crippen molar-refractivity contribution >= 4 is 45.1 Å². The van der Waals surface area contributed by atoms with E-state index < -0.39 is 5.82 Å². The number of fused-ring (bicyclic) bond motifs is 1. The van der Waals surface area contributed by atoms with E-state index in [1.165, 1.54) is 17.8 Å². The van der Waals surface area contributed by atoms with Gasteiger partial charge in [-0.05, 0) is 36.8 Å². The Morgan fingerprint density at radius 2 is 1.93 bits per heavy atom. The first-order valence-electron chi connectivity index (χ1n) is 8.32. The topological polar surface area (TPSA) is 71.1 Å². The Morgan fingerprint density at radius 1 is 1.15 bits per heavy atom. The summed E-state index contributed by atoms with van der Waals surface area (Å²) >= 11 is 2.94. The lowest BCUT2D eigenvalue weighted by Crippen LogP contribution is -2.35. The molecule has 0 saturated heterocycles. The van der Waals surface area contributed by atoms with E-state index in [2.05, 4.69) is 15.6 Å². The van der Waals surface area contributed by atoms with Gasteiger partial charge in [-0.15, -0.1) is 11.3 Å². The third kappa shape index (κ3) is 5.27. The molecule has 0 saturated carbocycles. The van der Waals surface area contributed by atoms with Gasteiger partial charge in [0.15, 0.2) is 4.34 Å². The number of thiazole rings is 1. The second-order valence-electron chi connectivity index (χ2n) is 5.81. The summed E-state index contributed by atoms with van der Waals surface area (Å²) in [7, 11) is 0. The molecule has 0 unspecified atom stereocenters. The largest absolute Gasteiger partial charge is 0.354 e. The fourth-order valence-corrected chi connectivity index (χ4v) is 4.20. The molecule has 5 nitrogen and oxygen atoms in total. The van der Waals surface area contributed by atoms with E-state index in [1.807, 2.05) is 24.3 Å². The molecule has 3 aromatic rings. The molecule has 27 heavy (non-hydrogen) atoms. The zero-order chi connectivity index (χ0) is 19.2. The van der Waals surface area contributed by atoms with Crippen LogP contribution in [-0.4, -0.2) is 35.6 Å². The normalized spacial score (nSPS) is 10.7. The van der Waals surface area contributed by atoms with Gasteiger partial charge >= 0.3 is 0 Å². The van der Waals surface area contributed by atoms with Crippen molar-refractivity contribution in [1.82, 2.24) is 15.6 Å². The van der Waals surface area contributed by atoms with Crippen LogP contribution < -0.4 is 10.6 Å². The van der Waals surface area contributed by atoms with E-state index >= 15 is 0 Å². The molecule has 0 radical (unpaired) electrons. The van der Waals surface area contributed by atoms with Crippen LogP contribution in [0.1, 0.15) is 15.9 Å². The van der Waals surface area contributed by atoms with Gasteiger partial charge in [0, 0.05) is 18.7 Å². The maximum Gasteiger partial charge on any atom is 0.251 e. The van der Waals surface area contributed by atoms with Crippen LogP contribution in [0.15, 0.2) is 46.8 Å². The monoisotopic (exact) mass is 403 g/mol. The van der Waals surface area contributed by atoms with Crippen LogP contribution in [0.5, 0.6) is 0 Å². The molecule has 0 aliphatic heterocycles. The van der Waals surface area contributed by atoms with Crippen LogP contribution in [0.25, 0.3) is 10.2 Å². The Bertz CT molecular complexity index is 941. The summed E-state index contributed by atoms with van der Waals surface area (Å²) in [6.07, 6.45) is 0. The second kappa shape index (κ2) is 8.96. The number of hydrogen-bond donors (Lipinski definition) is 2. The Kier molecular flexibility index (Phi) is 6.41. The van der Waals surface area contributed by atoms with E-state index in [0.717, 1.165) is 14.6 Å². The molecule has 0 bridgehead atoms. The molecule has 0 aliphatic carbocycles. The van der Waals surface area contributed by atoms with E-state index in [0.29, 0.717) is 12.1 Å². The predicted molar refractivity (Wildman–Crippen MR) is 107 cm³/mol. The Balaban J connectivity index is 1.37. The van der Waals surface area contributed by atoms with Crippen molar-refractivity contribution in [2.24, 2.45) is 0 Å². The standard InChI is InChI=1S/C19H18FN3O2S2/c1-12-6-7-13(10-14(12)20)18(25)22-9-8-21-17(24)11-26-19-23-15-4-2-3-5-16(15)27-19/h2-7,10H,8-9,11H2,1H3,(H,21,24)(H,22,25). The molecule has 2 aromatic carbocycles. The quantitative estimate of drug-likeness (QED) is 0.469. The second-order valence-corrected chi connectivity index (χ2v) is 8.06. The summed E-state index contributed by atoms with van der Waals surface area (Å²) < 4.78 is 15.4. The Morgan fingerprint density at radius 3 is 2.70 bits per heavy atom. The van der Waals surface area contributed by atoms with Crippen molar-refractivity contribution in [3.8, 4) is 0 Å². The number of nitrogens with one attached hydrogen (secondary N) is 2. The average Bonchev–Trinajstić information content (AvgIpc) is 3.08. The molecule has 2 N–H and O–H groups in total. The smallest absolute Gasteiger partial charge is 0.251 e. The van der Waals surface area contributed by atoms with Crippen LogP contribution in [0.4, 0.5) is 4.39 Å². The number of benzene rings is 2. The molecule has 3 rings (SSSR count). The number of rotatable bonds is 7. The SMILES string of the molecule is Cc1ccc(C(=O)NCCNC(=O)CSc2nc3ccccc3s2)cc1F. The third-order valence-electron chi connectivity index (χ3n) is 3.77. The maximum absolute atomic E-state index is 13.5. The first kappa shape index (κ1) is 19.3. The minimum absolute atomic E-state index is 0.130. The van der Waals surface area contributed by atoms with Crippen LogP contribution in [0.2, 0.25) is 0 Å². The number of hydrogen-bond acceptors (Lipinski definition) is 5. The minimum Gasteiger partial charge on any atom is -0.354 e. The van der Waals surface area contributed by atoms with Crippen molar-refractivity contribution in [3.63, 3.8) is 0 Å². The van der Waals surface area contributed by atoms with Crippen LogP contribution >= 0.6 is 23.1 Å². The van der Waals surface area contributed by atoms with Gasteiger partial charge in [0.2, 0.25) is 5.91 Å². The highest BCUT2D eigenvalue weighted by atomic mass is 32.2. The maximum atomic E-state index is 13.5. The van der Waals surface area contributed by atoms with E-state index in [9.17, 15) is 14.0 Å². The molecular weight excluding hydrogens is 385 g/mol. The van der Waals surface area contributed by atoms with Gasteiger partial charge in [0.1, 0.15) is 5.82 Å². The molecule has 0 aliphatic rings. The van der Waals surface area contributed by atoms with Gasteiger partial charge < -0.3 is 10.6 Å². The summed E-state index contributed by atoms with van der Waals surface area (Å²) in [5, 5.41) is 5.40. The van der Waals surface area contributed by atoms with Gasteiger partial charge in [0.25, 0.3) is 5.91 Å². The molecule has 0 atom stereocenters. The van der Waals surface area contributed by atoms with Gasteiger partial charge in [-0.3, -0.25) is 9.59 Å². The average molecular weight is 404 g/mol. The van der Waals surface area contributed by atoms with Crippen molar-refractivity contribution in [2.45, 2.75) is 11.3 Å². The van der Waals surface area contributed by atoms with E-state index in [4.69, 9.17) is 0 Å². The number of carbonyl (C=O) groups excluding carboxylic acids is 2. The minimum atomic E-state index is -0.414. The molecule has 8 heteroatoms. The number of aryl methyl sites for hydroxylation is 1. The summed E-state index contributed by atoms with van der Waals surface area (Å²) in [6.45, 7) is 2.21. The number of carbonyl (C=O) groups is 2. The lowest BCUT2D eigenvalue weighted by Gasteiger charge is -2.07. The number of halogens is 1. The molecule has 0 spiro atoms. The highest BCUT2D eigenvalue weighted by Gasteiger charge is 2.09. The van der Waals surface area contributed by atoms with Crippen molar-refractivity contribution in [2.75, 3.05) is 18.8 Å². The molecule has 1 aromatic heterocycles. The Labute approximate surface area is 164 Å².